The molecule has 5 nitrogen and oxygen atoms in total. The van der Waals surface area contributed by atoms with E-state index in [2.05, 4.69) is 27.9 Å². The molecular weight excluding hydrogens is 288 g/mol. The third-order valence-electron chi connectivity index (χ3n) is 3.92. The highest BCUT2D eigenvalue weighted by molar-refractivity contribution is 6.01. The summed E-state index contributed by atoms with van der Waals surface area (Å²) in [6.07, 6.45) is 3.48. The van der Waals surface area contributed by atoms with E-state index >= 15 is 0 Å². The molecule has 1 aliphatic rings. The van der Waals surface area contributed by atoms with Crippen LogP contribution < -0.4 is 10.6 Å². The Kier molecular flexibility index (Phi) is 3.31. The zero-order valence-corrected chi connectivity index (χ0v) is 12.4. The van der Waals surface area contributed by atoms with E-state index in [0.29, 0.717) is 12.1 Å². The maximum atomic E-state index is 12.2. The van der Waals surface area contributed by atoms with Crippen molar-refractivity contribution in [1.29, 1.82) is 0 Å². The zero-order valence-electron chi connectivity index (χ0n) is 12.4. The summed E-state index contributed by atoms with van der Waals surface area (Å²) in [4.78, 5) is 12.2. The summed E-state index contributed by atoms with van der Waals surface area (Å²) in [5.74, 6) is -0.0693. The lowest BCUT2D eigenvalue weighted by Gasteiger charge is -2.26. The molecule has 5 heteroatoms. The number of nitrogens with one attached hydrogen (secondary N) is 2. The summed E-state index contributed by atoms with van der Waals surface area (Å²) < 4.78 is 1.87. The van der Waals surface area contributed by atoms with E-state index < -0.39 is 0 Å². The van der Waals surface area contributed by atoms with Crippen molar-refractivity contribution in [2.75, 3.05) is 5.32 Å². The molecule has 0 unspecified atom stereocenters. The van der Waals surface area contributed by atoms with Crippen molar-refractivity contribution in [3.63, 3.8) is 0 Å². The second-order valence-electron chi connectivity index (χ2n) is 5.55. The highest BCUT2D eigenvalue weighted by Crippen LogP contribution is 2.25. The molecule has 4 rings (SSSR count). The molecule has 0 bridgehead atoms. The van der Waals surface area contributed by atoms with E-state index in [4.69, 9.17) is 0 Å². The summed E-state index contributed by atoms with van der Waals surface area (Å²) in [6.45, 7) is 0.706. The quantitative estimate of drug-likeness (QED) is 0.782. The first-order chi connectivity index (χ1) is 11.3. The Bertz CT molecular complexity index is 841. The number of hydrogen-bond acceptors (Lipinski definition) is 3. The average Bonchev–Trinajstić information content (AvgIpc) is 3.04. The number of benzene rings is 2. The predicted octanol–water partition coefficient (Wildman–Crippen LogP) is 2.79. The van der Waals surface area contributed by atoms with Crippen LogP contribution in [-0.4, -0.2) is 15.7 Å². The molecule has 1 aliphatic heterocycles. The van der Waals surface area contributed by atoms with Crippen LogP contribution in [0.4, 0.5) is 5.69 Å². The van der Waals surface area contributed by atoms with Crippen molar-refractivity contribution in [3.8, 4) is 0 Å². The van der Waals surface area contributed by atoms with Gasteiger partial charge in [0.15, 0.2) is 0 Å². The molecule has 2 aromatic carbocycles. The Morgan fingerprint density at radius 1 is 1.00 bits per heavy atom. The van der Waals surface area contributed by atoms with Crippen molar-refractivity contribution in [1.82, 2.24) is 15.1 Å². The van der Waals surface area contributed by atoms with Crippen LogP contribution in [0.3, 0.4) is 0 Å². The standard InChI is InChI=1S/C18H16N4O/c23-18-15-8-4-5-9-16(15)20-17(21-18)14-10-19-22(12-14)11-13-6-2-1-3-7-13/h1-10,12,17,20H,11H2,(H,21,23)/t17-/m1/s1. The van der Waals surface area contributed by atoms with Gasteiger partial charge in [0.25, 0.3) is 5.91 Å². The van der Waals surface area contributed by atoms with E-state index in [-0.39, 0.29) is 12.1 Å². The lowest BCUT2D eigenvalue weighted by molar-refractivity contribution is 0.0935. The van der Waals surface area contributed by atoms with Gasteiger partial charge in [-0.3, -0.25) is 9.48 Å². The maximum absolute atomic E-state index is 12.2. The van der Waals surface area contributed by atoms with Crippen molar-refractivity contribution < 1.29 is 4.79 Å². The minimum Gasteiger partial charge on any atom is -0.361 e. The monoisotopic (exact) mass is 304 g/mol. The molecule has 2 heterocycles. The van der Waals surface area contributed by atoms with E-state index in [0.717, 1.165) is 11.3 Å². The third kappa shape index (κ3) is 2.68. The topological polar surface area (TPSA) is 59.0 Å². The van der Waals surface area contributed by atoms with Gasteiger partial charge in [-0.25, -0.2) is 0 Å². The highest BCUT2D eigenvalue weighted by atomic mass is 16.2. The van der Waals surface area contributed by atoms with Gasteiger partial charge in [0.2, 0.25) is 0 Å². The number of carbonyl (C=O) groups is 1. The number of anilines is 1. The van der Waals surface area contributed by atoms with Crippen LogP contribution in [0.1, 0.15) is 27.7 Å². The van der Waals surface area contributed by atoms with Gasteiger partial charge in [-0.15, -0.1) is 0 Å². The van der Waals surface area contributed by atoms with E-state index in [1.54, 1.807) is 6.20 Å². The van der Waals surface area contributed by atoms with Gasteiger partial charge >= 0.3 is 0 Å². The van der Waals surface area contributed by atoms with E-state index in [9.17, 15) is 4.79 Å². The van der Waals surface area contributed by atoms with Crippen molar-refractivity contribution in [3.05, 3.63) is 83.7 Å². The van der Waals surface area contributed by atoms with Crippen LogP contribution in [0.25, 0.3) is 0 Å². The highest BCUT2D eigenvalue weighted by Gasteiger charge is 2.24. The van der Waals surface area contributed by atoms with Crippen LogP contribution >= 0.6 is 0 Å². The Hall–Kier alpha value is -3.08. The van der Waals surface area contributed by atoms with E-state index in [1.165, 1.54) is 5.56 Å². The molecule has 114 valence electrons. The third-order valence-corrected chi connectivity index (χ3v) is 3.92. The minimum atomic E-state index is -0.262. The van der Waals surface area contributed by atoms with Crippen LogP contribution in [0, 0.1) is 0 Å². The fourth-order valence-corrected chi connectivity index (χ4v) is 2.76. The fraction of sp³-hybridized carbons (Fsp3) is 0.111. The number of rotatable bonds is 3. The molecule has 2 N–H and O–H groups in total. The van der Waals surface area contributed by atoms with Gasteiger partial charge in [0.05, 0.1) is 18.3 Å². The molecule has 1 aromatic heterocycles. The largest absolute Gasteiger partial charge is 0.361 e. The number of hydrogen-bond donors (Lipinski definition) is 2. The second kappa shape index (κ2) is 5.61. The Morgan fingerprint density at radius 3 is 2.65 bits per heavy atom. The smallest absolute Gasteiger partial charge is 0.255 e. The van der Waals surface area contributed by atoms with Gasteiger partial charge in [0, 0.05) is 17.4 Å². The number of aromatic nitrogens is 2. The first-order valence-corrected chi connectivity index (χ1v) is 7.52. The molecule has 1 atom stereocenters. The molecule has 0 saturated heterocycles. The van der Waals surface area contributed by atoms with Gasteiger partial charge in [-0.05, 0) is 17.7 Å². The molecule has 0 spiro atoms. The fourth-order valence-electron chi connectivity index (χ4n) is 2.76. The normalized spacial score (nSPS) is 16.3. The van der Waals surface area contributed by atoms with Crippen LogP contribution in [0.2, 0.25) is 0 Å². The molecule has 0 saturated carbocycles. The first-order valence-electron chi connectivity index (χ1n) is 7.52. The van der Waals surface area contributed by atoms with Crippen LogP contribution in [0.15, 0.2) is 67.0 Å². The van der Waals surface area contributed by atoms with Gasteiger partial charge in [-0.1, -0.05) is 42.5 Å². The molecule has 0 aliphatic carbocycles. The van der Waals surface area contributed by atoms with Gasteiger partial charge in [0.1, 0.15) is 6.17 Å². The molecular formula is C18H16N4O. The zero-order chi connectivity index (χ0) is 15.6. The van der Waals surface area contributed by atoms with Crippen LogP contribution in [-0.2, 0) is 6.54 Å². The lowest BCUT2D eigenvalue weighted by Crippen LogP contribution is -2.38. The second-order valence-corrected chi connectivity index (χ2v) is 5.55. The van der Waals surface area contributed by atoms with Gasteiger partial charge in [-0.2, -0.15) is 5.10 Å². The molecule has 23 heavy (non-hydrogen) atoms. The first kappa shape index (κ1) is 13.6. The van der Waals surface area contributed by atoms with Crippen molar-refractivity contribution in [2.24, 2.45) is 0 Å². The minimum absolute atomic E-state index is 0.0693. The van der Waals surface area contributed by atoms with Crippen LogP contribution in [0.5, 0.6) is 0 Å². The molecule has 3 aromatic rings. The maximum Gasteiger partial charge on any atom is 0.255 e. The molecule has 0 fully saturated rings. The van der Waals surface area contributed by atoms with Crippen molar-refractivity contribution in [2.45, 2.75) is 12.7 Å². The number of fused-ring (bicyclic) bond motifs is 1. The summed E-state index contributed by atoms with van der Waals surface area (Å²) in [5.41, 5.74) is 3.63. The van der Waals surface area contributed by atoms with E-state index in [1.807, 2.05) is 53.3 Å². The summed E-state index contributed by atoms with van der Waals surface area (Å²) in [6, 6.07) is 17.7. The molecule has 1 amide bonds. The predicted molar refractivity (Wildman–Crippen MR) is 88.0 cm³/mol. The number of para-hydroxylation sites is 1. The average molecular weight is 304 g/mol. The summed E-state index contributed by atoms with van der Waals surface area (Å²) in [5, 5.41) is 10.7. The number of carbonyl (C=O) groups excluding carboxylic acids is 1. The summed E-state index contributed by atoms with van der Waals surface area (Å²) >= 11 is 0. The van der Waals surface area contributed by atoms with Gasteiger partial charge < -0.3 is 10.6 Å². The number of amides is 1. The van der Waals surface area contributed by atoms with Crippen molar-refractivity contribution >= 4 is 11.6 Å². The number of nitrogens with zero attached hydrogens (tertiary/aromatic N) is 2. The molecule has 0 radical (unpaired) electrons. The lowest BCUT2D eigenvalue weighted by atomic mass is 10.1. The summed E-state index contributed by atoms with van der Waals surface area (Å²) in [7, 11) is 0. The SMILES string of the molecule is O=C1N[C@H](c2cnn(Cc3ccccc3)c2)Nc2ccccc21. The Morgan fingerprint density at radius 2 is 1.78 bits per heavy atom. The Balaban J connectivity index is 1.55. The Labute approximate surface area is 134 Å².